The van der Waals surface area contributed by atoms with Gasteiger partial charge in [0, 0.05) is 19.2 Å². The van der Waals surface area contributed by atoms with Gasteiger partial charge in [-0.05, 0) is 29.9 Å². The molecule has 0 spiro atoms. The summed E-state index contributed by atoms with van der Waals surface area (Å²) in [7, 11) is 0. The average Bonchev–Trinajstić information content (AvgIpc) is 2.80. The molecule has 1 aliphatic heterocycles. The third-order valence-corrected chi connectivity index (χ3v) is 4.26. The highest BCUT2D eigenvalue weighted by atomic mass is 16.6. The second-order valence-corrected chi connectivity index (χ2v) is 6.69. The zero-order valence-corrected chi connectivity index (χ0v) is 12.4. The van der Waals surface area contributed by atoms with Gasteiger partial charge in [0.2, 0.25) is 0 Å². The van der Waals surface area contributed by atoms with Crippen LogP contribution >= 0.6 is 0 Å². The van der Waals surface area contributed by atoms with E-state index in [4.69, 9.17) is 5.73 Å². The molecule has 1 aromatic carbocycles. The molecule has 1 saturated heterocycles. The van der Waals surface area contributed by atoms with Crippen LogP contribution in [0.2, 0.25) is 0 Å². The Bertz CT molecular complexity index is 508. The second-order valence-electron chi connectivity index (χ2n) is 6.69. The van der Waals surface area contributed by atoms with Crippen molar-refractivity contribution in [2.75, 3.05) is 18.8 Å². The highest BCUT2D eigenvalue weighted by Crippen LogP contribution is 2.35. The Morgan fingerprint density at radius 1 is 1.45 bits per heavy atom. The summed E-state index contributed by atoms with van der Waals surface area (Å²) in [5.41, 5.74) is 7.39. The van der Waals surface area contributed by atoms with Crippen molar-refractivity contribution in [1.29, 1.82) is 0 Å². The number of nitro groups is 1. The van der Waals surface area contributed by atoms with Gasteiger partial charge in [0.1, 0.15) is 5.69 Å². The Morgan fingerprint density at radius 2 is 2.15 bits per heavy atom. The zero-order valence-electron chi connectivity index (χ0n) is 12.4. The summed E-state index contributed by atoms with van der Waals surface area (Å²) in [6.07, 6.45) is 1.18. The molecule has 1 aromatic rings. The smallest absolute Gasteiger partial charge is 0.292 e. The van der Waals surface area contributed by atoms with Crippen molar-refractivity contribution in [3.05, 3.63) is 33.9 Å². The van der Waals surface area contributed by atoms with Crippen molar-refractivity contribution in [2.45, 2.75) is 33.7 Å². The Kier molecular flexibility index (Phi) is 3.99. The van der Waals surface area contributed by atoms with Crippen LogP contribution in [0, 0.1) is 21.4 Å². The summed E-state index contributed by atoms with van der Waals surface area (Å²) < 4.78 is 0. The van der Waals surface area contributed by atoms with Crippen molar-refractivity contribution in [3.8, 4) is 0 Å². The van der Waals surface area contributed by atoms with E-state index < -0.39 is 4.92 Å². The predicted molar refractivity (Wildman–Crippen MR) is 80.3 cm³/mol. The third-order valence-electron chi connectivity index (χ3n) is 4.26. The molecule has 1 aliphatic rings. The van der Waals surface area contributed by atoms with Crippen molar-refractivity contribution >= 4 is 11.4 Å². The van der Waals surface area contributed by atoms with Gasteiger partial charge in [0.15, 0.2) is 0 Å². The van der Waals surface area contributed by atoms with Gasteiger partial charge in [-0.25, -0.2) is 0 Å². The maximum absolute atomic E-state index is 10.9. The number of nitrogens with zero attached hydrogens (tertiary/aromatic N) is 2. The molecular formula is C15H23N3O2. The first-order valence-electron chi connectivity index (χ1n) is 7.03. The summed E-state index contributed by atoms with van der Waals surface area (Å²) in [6, 6.07) is 5.05. The van der Waals surface area contributed by atoms with Crippen molar-refractivity contribution in [3.63, 3.8) is 0 Å². The molecule has 0 saturated carbocycles. The van der Waals surface area contributed by atoms with Gasteiger partial charge in [-0.15, -0.1) is 0 Å². The molecule has 2 N–H and O–H groups in total. The summed E-state index contributed by atoms with van der Waals surface area (Å²) in [6.45, 7) is 9.56. The van der Waals surface area contributed by atoms with Crippen LogP contribution in [-0.2, 0) is 6.54 Å². The molecule has 0 amide bonds. The Balaban J connectivity index is 2.09. The molecule has 0 aromatic heterocycles. The lowest BCUT2D eigenvalue weighted by atomic mass is 9.80. The average molecular weight is 277 g/mol. The van der Waals surface area contributed by atoms with Crippen LogP contribution < -0.4 is 5.73 Å². The van der Waals surface area contributed by atoms with Crippen molar-refractivity contribution in [1.82, 2.24) is 4.90 Å². The van der Waals surface area contributed by atoms with E-state index in [1.54, 1.807) is 6.07 Å². The molecular weight excluding hydrogens is 254 g/mol. The molecule has 0 radical (unpaired) electrons. The van der Waals surface area contributed by atoms with Gasteiger partial charge in [-0.3, -0.25) is 15.0 Å². The molecule has 1 atom stereocenters. The zero-order chi connectivity index (χ0) is 14.9. The monoisotopic (exact) mass is 277 g/mol. The molecule has 0 aliphatic carbocycles. The Morgan fingerprint density at radius 3 is 2.70 bits per heavy atom. The molecule has 1 fully saturated rings. The van der Waals surface area contributed by atoms with Crippen molar-refractivity contribution < 1.29 is 4.92 Å². The number of benzene rings is 1. The number of nitro benzene ring substituents is 1. The minimum Gasteiger partial charge on any atom is -0.393 e. The fourth-order valence-corrected chi connectivity index (χ4v) is 2.82. The number of rotatable bonds is 3. The highest BCUT2D eigenvalue weighted by molar-refractivity contribution is 5.62. The van der Waals surface area contributed by atoms with Gasteiger partial charge < -0.3 is 5.73 Å². The maximum atomic E-state index is 10.9. The first-order valence-corrected chi connectivity index (χ1v) is 7.03. The fraction of sp³-hybridized carbons (Fsp3) is 0.600. The van der Waals surface area contributed by atoms with E-state index in [0.29, 0.717) is 23.6 Å². The second kappa shape index (κ2) is 5.40. The minimum absolute atomic E-state index is 0.00840. The molecule has 2 rings (SSSR count). The minimum atomic E-state index is -0.416. The van der Waals surface area contributed by atoms with Crippen molar-refractivity contribution in [2.24, 2.45) is 11.3 Å². The van der Waals surface area contributed by atoms with Crippen LogP contribution in [-0.4, -0.2) is 22.9 Å². The van der Waals surface area contributed by atoms with Crippen LogP contribution in [0.4, 0.5) is 11.4 Å². The summed E-state index contributed by atoms with van der Waals surface area (Å²) in [4.78, 5) is 12.8. The quantitative estimate of drug-likeness (QED) is 0.523. The molecule has 110 valence electrons. The summed E-state index contributed by atoms with van der Waals surface area (Å²) in [5, 5.41) is 10.9. The third kappa shape index (κ3) is 3.10. The van der Waals surface area contributed by atoms with Gasteiger partial charge >= 0.3 is 0 Å². The number of likely N-dealkylation sites (tertiary alicyclic amines) is 1. The Labute approximate surface area is 119 Å². The van der Waals surface area contributed by atoms with Gasteiger partial charge in [-0.1, -0.05) is 32.9 Å². The molecule has 5 nitrogen and oxygen atoms in total. The van der Waals surface area contributed by atoms with E-state index in [2.05, 4.69) is 25.7 Å². The van der Waals surface area contributed by atoms with E-state index in [1.807, 2.05) is 6.07 Å². The lowest BCUT2D eigenvalue weighted by Crippen LogP contribution is -2.26. The van der Waals surface area contributed by atoms with Crippen LogP contribution in [0.1, 0.15) is 32.8 Å². The number of para-hydroxylation sites is 1. The van der Waals surface area contributed by atoms with E-state index in [0.717, 1.165) is 18.7 Å². The fourth-order valence-electron chi connectivity index (χ4n) is 2.82. The Hall–Kier alpha value is -1.62. The largest absolute Gasteiger partial charge is 0.393 e. The first kappa shape index (κ1) is 14.8. The lowest BCUT2D eigenvalue weighted by Gasteiger charge is -2.27. The van der Waals surface area contributed by atoms with Crippen LogP contribution in [0.25, 0.3) is 0 Å². The number of nitrogen functional groups attached to an aromatic ring is 1. The van der Waals surface area contributed by atoms with E-state index in [1.165, 1.54) is 12.5 Å². The summed E-state index contributed by atoms with van der Waals surface area (Å²) in [5.74, 6) is 0.669. The lowest BCUT2D eigenvalue weighted by molar-refractivity contribution is -0.384. The SMILES string of the molecule is CC(C)(C)C1CCN(Cc2cccc([N+](=O)[O-])c2N)C1. The van der Waals surface area contributed by atoms with E-state index in [-0.39, 0.29) is 5.69 Å². The van der Waals surface area contributed by atoms with Crippen LogP contribution in [0.5, 0.6) is 0 Å². The van der Waals surface area contributed by atoms with Gasteiger partial charge in [-0.2, -0.15) is 0 Å². The van der Waals surface area contributed by atoms with E-state index >= 15 is 0 Å². The maximum Gasteiger partial charge on any atom is 0.292 e. The van der Waals surface area contributed by atoms with Crippen LogP contribution in [0.15, 0.2) is 18.2 Å². The van der Waals surface area contributed by atoms with E-state index in [9.17, 15) is 10.1 Å². The van der Waals surface area contributed by atoms with Gasteiger partial charge in [0.25, 0.3) is 5.69 Å². The first-order chi connectivity index (χ1) is 9.29. The standard InChI is InChI=1S/C15H23N3O2/c1-15(2,3)12-7-8-17(10-12)9-11-5-4-6-13(14(11)16)18(19)20/h4-6,12H,7-10,16H2,1-3H3. The molecule has 0 bridgehead atoms. The highest BCUT2D eigenvalue weighted by Gasteiger charge is 2.32. The summed E-state index contributed by atoms with van der Waals surface area (Å²) >= 11 is 0. The number of hydrogen-bond donors (Lipinski definition) is 1. The number of nitrogens with two attached hydrogens (primary N) is 1. The number of anilines is 1. The van der Waals surface area contributed by atoms with Crippen LogP contribution in [0.3, 0.4) is 0 Å². The number of hydrogen-bond acceptors (Lipinski definition) is 4. The predicted octanol–water partition coefficient (Wildman–Crippen LogP) is 3.05. The normalized spacial score (nSPS) is 20.2. The molecule has 20 heavy (non-hydrogen) atoms. The molecule has 1 heterocycles. The molecule has 1 unspecified atom stereocenters. The molecule has 5 heteroatoms. The van der Waals surface area contributed by atoms with Gasteiger partial charge in [0.05, 0.1) is 4.92 Å². The topological polar surface area (TPSA) is 72.4 Å².